The van der Waals surface area contributed by atoms with Gasteiger partial charge in [-0.25, -0.2) is 8.78 Å². The number of rotatable bonds is 5. The number of nitrogens with one attached hydrogen (secondary N) is 1. The number of aliphatic hydroxyl groups is 1. The fourth-order valence-corrected chi connectivity index (χ4v) is 3.79. The van der Waals surface area contributed by atoms with Crippen molar-refractivity contribution in [3.63, 3.8) is 0 Å². The van der Waals surface area contributed by atoms with Gasteiger partial charge in [0.25, 0.3) is 0 Å². The van der Waals surface area contributed by atoms with Gasteiger partial charge in [-0.15, -0.1) is 0 Å². The molecule has 2 aliphatic rings. The van der Waals surface area contributed by atoms with E-state index in [0.717, 1.165) is 6.07 Å². The van der Waals surface area contributed by atoms with E-state index in [1.165, 1.54) is 6.07 Å². The lowest BCUT2D eigenvalue weighted by atomic mass is 9.78. The molecule has 0 amide bonds. The molecule has 4 nitrogen and oxygen atoms in total. The molecule has 1 saturated heterocycles. The Morgan fingerprint density at radius 3 is 2.30 bits per heavy atom. The van der Waals surface area contributed by atoms with Gasteiger partial charge in [0.2, 0.25) is 0 Å². The second-order valence-corrected chi connectivity index (χ2v) is 8.98. The maximum absolute atomic E-state index is 13.4. The van der Waals surface area contributed by atoms with Crippen LogP contribution in [-0.2, 0) is 9.47 Å². The van der Waals surface area contributed by atoms with E-state index in [4.69, 9.17) is 9.47 Å². The summed E-state index contributed by atoms with van der Waals surface area (Å²) in [6, 6.07) is 3.81. The van der Waals surface area contributed by atoms with Crippen LogP contribution in [0.2, 0.25) is 0 Å². The first kappa shape index (κ1) is 20.6. The van der Waals surface area contributed by atoms with Crippen LogP contribution in [0.4, 0.5) is 8.78 Å². The van der Waals surface area contributed by atoms with E-state index >= 15 is 0 Å². The average molecular weight is 383 g/mol. The Balaban J connectivity index is 1.45. The van der Waals surface area contributed by atoms with Crippen molar-refractivity contribution in [1.82, 2.24) is 5.32 Å². The van der Waals surface area contributed by atoms with Crippen LogP contribution in [0.15, 0.2) is 18.2 Å². The van der Waals surface area contributed by atoms with E-state index in [9.17, 15) is 13.9 Å². The summed E-state index contributed by atoms with van der Waals surface area (Å²) in [4.78, 5) is 0. The van der Waals surface area contributed by atoms with Crippen molar-refractivity contribution in [2.24, 2.45) is 5.41 Å². The summed E-state index contributed by atoms with van der Waals surface area (Å²) in [5.74, 6) is -2.21. The van der Waals surface area contributed by atoms with Crippen LogP contribution < -0.4 is 5.32 Å². The molecule has 0 bridgehead atoms. The molecule has 1 atom stereocenters. The van der Waals surface area contributed by atoms with Gasteiger partial charge in [0.15, 0.2) is 17.4 Å². The average Bonchev–Trinajstić information content (AvgIpc) is 2.63. The molecule has 0 radical (unpaired) electrons. The fraction of sp³-hybridized carbons (Fsp3) is 0.714. The summed E-state index contributed by atoms with van der Waals surface area (Å²) >= 11 is 0. The van der Waals surface area contributed by atoms with Crippen LogP contribution in [0.5, 0.6) is 0 Å². The summed E-state index contributed by atoms with van der Waals surface area (Å²) in [7, 11) is 0. The van der Waals surface area contributed by atoms with Crippen LogP contribution in [0.3, 0.4) is 0 Å². The molecule has 1 spiro atoms. The van der Waals surface area contributed by atoms with Gasteiger partial charge in [0.1, 0.15) is 0 Å². The summed E-state index contributed by atoms with van der Waals surface area (Å²) in [6.07, 6.45) is 3.25. The van der Waals surface area contributed by atoms with Crippen molar-refractivity contribution in [2.45, 2.75) is 70.3 Å². The largest absolute Gasteiger partial charge is 0.390 e. The number of hydrogen-bond donors (Lipinski definition) is 2. The molecule has 1 unspecified atom stereocenters. The second-order valence-electron chi connectivity index (χ2n) is 8.98. The van der Waals surface area contributed by atoms with Gasteiger partial charge in [0, 0.05) is 24.3 Å². The predicted octanol–water partition coefficient (Wildman–Crippen LogP) is 4.08. The second kappa shape index (κ2) is 7.74. The molecule has 1 aromatic carbocycles. The third-order valence-corrected chi connectivity index (χ3v) is 5.88. The van der Waals surface area contributed by atoms with Crippen LogP contribution in [0.25, 0.3) is 0 Å². The Hall–Kier alpha value is -1.08. The first-order valence-corrected chi connectivity index (χ1v) is 9.81. The molecule has 2 fully saturated rings. The van der Waals surface area contributed by atoms with Gasteiger partial charge >= 0.3 is 0 Å². The summed E-state index contributed by atoms with van der Waals surface area (Å²) < 4.78 is 38.5. The molecule has 1 aliphatic heterocycles. The summed E-state index contributed by atoms with van der Waals surface area (Å²) in [5.41, 5.74) is -0.0139. The van der Waals surface area contributed by atoms with Gasteiger partial charge in [-0.1, -0.05) is 19.9 Å². The van der Waals surface area contributed by atoms with E-state index in [1.807, 2.05) is 6.92 Å². The first-order valence-electron chi connectivity index (χ1n) is 9.81. The lowest BCUT2D eigenvalue weighted by Crippen LogP contribution is -2.52. The Kier molecular flexibility index (Phi) is 5.92. The maximum Gasteiger partial charge on any atom is 0.168 e. The Labute approximate surface area is 160 Å². The number of benzene rings is 1. The van der Waals surface area contributed by atoms with Crippen LogP contribution >= 0.6 is 0 Å². The molecule has 3 rings (SSSR count). The monoisotopic (exact) mass is 383 g/mol. The van der Waals surface area contributed by atoms with Crippen molar-refractivity contribution in [1.29, 1.82) is 0 Å². The minimum Gasteiger partial charge on any atom is -0.390 e. The highest BCUT2D eigenvalue weighted by atomic mass is 19.2. The lowest BCUT2D eigenvalue weighted by molar-refractivity contribution is -0.319. The van der Waals surface area contributed by atoms with Crippen LogP contribution in [0, 0.1) is 17.0 Å². The van der Waals surface area contributed by atoms with Crippen LogP contribution in [0.1, 0.15) is 64.5 Å². The normalized spacial score (nSPS) is 24.7. The molecule has 1 aromatic rings. The third-order valence-electron chi connectivity index (χ3n) is 5.88. The quantitative estimate of drug-likeness (QED) is 0.804. The zero-order chi connectivity index (χ0) is 19.7. The highest BCUT2D eigenvalue weighted by molar-refractivity contribution is 5.20. The van der Waals surface area contributed by atoms with E-state index in [-0.39, 0.29) is 11.5 Å². The van der Waals surface area contributed by atoms with E-state index < -0.39 is 23.0 Å². The highest BCUT2D eigenvalue weighted by Crippen LogP contribution is 2.43. The van der Waals surface area contributed by atoms with E-state index in [2.05, 4.69) is 19.2 Å². The minimum absolute atomic E-state index is 0.0406. The van der Waals surface area contributed by atoms with Gasteiger partial charge in [-0.2, -0.15) is 0 Å². The molecule has 1 aliphatic carbocycles. The standard InChI is InChI=1S/C21H31F2NO3/c1-15(16-4-5-17(22)18(23)12-16)24-11-10-20(25)6-8-21(9-7-20)26-13-19(2,3)14-27-21/h4-5,12,15,24-25H,6-11,13-14H2,1-3H3. The van der Waals surface area contributed by atoms with Crippen molar-refractivity contribution in [2.75, 3.05) is 19.8 Å². The third kappa shape index (κ3) is 5.05. The zero-order valence-electron chi connectivity index (χ0n) is 16.5. The van der Waals surface area contributed by atoms with Crippen molar-refractivity contribution in [3.05, 3.63) is 35.4 Å². The predicted molar refractivity (Wildman–Crippen MR) is 99.2 cm³/mol. The molecule has 152 valence electrons. The van der Waals surface area contributed by atoms with Gasteiger partial charge in [0.05, 0.1) is 18.8 Å². The topological polar surface area (TPSA) is 50.7 Å². The number of halogens is 2. The Morgan fingerprint density at radius 1 is 1.07 bits per heavy atom. The molecular formula is C21H31F2NO3. The van der Waals surface area contributed by atoms with Gasteiger partial charge < -0.3 is 19.9 Å². The Morgan fingerprint density at radius 2 is 1.70 bits per heavy atom. The molecule has 27 heavy (non-hydrogen) atoms. The zero-order valence-corrected chi connectivity index (χ0v) is 16.5. The smallest absolute Gasteiger partial charge is 0.168 e. The lowest BCUT2D eigenvalue weighted by Gasteiger charge is -2.48. The number of hydrogen-bond acceptors (Lipinski definition) is 4. The molecular weight excluding hydrogens is 352 g/mol. The fourth-order valence-electron chi connectivity index (χ4n) is 3.79. The summed E-state index contributed by atoms with van der Waals surface area (Å²) in [6.45, 7) is 8.10. The molecule has 6 heteroatoms. The highest BCUT2D eigenvalue weighted by Gasteiger charge is 2.46. The van der Waals surface area contributed by atoms with Crippen molar-refractivity contribution < 1.29 is 23.4 Å². The molecule has 1 heterocycles. The van der Waals surface area contributed by atoms with Crippen molar-refractivity contribution in [3.8, 4) is 0 Å². The van der Waals surface area contributed by atoms with Crippen LogP contribution in [-0.4, -0.2) is 36.3 Å². The summed E-state index contributed by atoms with van der Waals surface area (Å²) in [5, 5.41) is 14.2. The molecule has 2 N–H and O–H groups in total. The SMILES string of the molecule is CC(NCCC1(O)CCC2(CC1)OCC(C)(C)CO2)c1ccc(F)c(F)c1. The van der Waals surface area contributed by atoms with E-state index in [1.54, 1.807) is 6.07 Å². The van der Waals surface area contributed by atoms with Gasteiger partial charge in [-0.05, 0) is 50.4 Å². The molecule has 0 aromatic heterocycles. The van der Waals surface area contributed by atoms with Gasteiger partial charge in [-0.3, -0.25) is 0 Å². The minimum atomic E-state index is -0.841. The maximum atomic E-state index is 13.4. The van der Waals surface area contributed by atoms with E-state index in [0.29, 0.717) is 57.4 Å². The molecule has 1 saturated carbocycles. The Bertz CT molecular complexity index is 645. The first-order chi connectivity index (χ1) is 12.6. The van der Waals surface area contributed by atoms with Crippen molar-refractivity contribution >= 4 is 0 Å². The number of ether oxygens (including phenoxy) is 2.